The van der Waals surface area contributed by atoms with Crippen LogP contribution in [-0.4, -0.2) is 23.7 Å². The highest BCUT2D eigenvalue weighted by Gasteiger charge is 2.21. The first-order valence-corrected chi connectivity index (χ1v) is 7.66. The largest absolute Gasteiger partial charge is 0.504 e. The lowest BCUT2D eigenvalue weighted by atomic mass is 10.1. The number of nitrogens with zero attached hydrogens (tertiary/aromatic N) is 1. The van der Waals surface area contributed by atoms with Gasteiger partial charge in [0.15, 0.2) is 11.5 Å². The molecule has 0 aromatic heterocycles. The Labute approximate surface area is 137 Å². The van der Waals surface area contributed by atoms with E-state index in [1.165, 1.54) is 24.9 Å². The molecule has 0 aliphatic heterocycles. The Morgan fingerprint density at radius 3 is 2.59 bits per heavy atom. The highest BCUT2D eigenvalue weighted by Crippen LogP contribution is 2.38. The summed E-state index contributed by atoms with van der Waals surface area (Å²) in [5.74, 6) is 0.296. The number of hydrogen-bond donors (Lipinski definition) is 1. The Kier molecular flexibility index (Phi) is 5.51. The van der Waals surface area contributed by atoms with E-state index in [-0.39, 0.29) is 17.2 Å². The Bertz CT molecular complexity index is 663. The van der Waals surface area contributed by atoms with Gasteiger partial charge in [-0.25, -0.2) is 0 Å². The zero-order chi connectivity index (χ0) is 16.1. The molecule has 0 fully saturated rings. The highest BCUT2D eigenvalue weighted by atomic mass is 35.5. The zero-order valence-corrected chi connectivity index (χ0v) is 13.3. The molecule has 0 bridgehead atoms. The molecule has 0 spiro atoms. The van der Waals surface area contributed by atoms with Crippen molar-refractivity contribution in [2.75, 3.05) is 13.7 Å². The molecular formula is C15H14ClNO4S. The number of aromatic hydroxyl groups is 1. The fourth-order valence-electron chi connectivity index (χ4n) is 1.92. The van der Waals surface area contributed by atoms with Gasteiger partial charge in [-0.3, -0.25) is 10.1 Å². The Hall–Kier alpha value is -1.92. The molecule has 1 unspecified atom stereocenters. The van der Waals surface area contributed by atoms with Gasteiger partial charge in [0, 0.05) is 14.8 Å². The average molecular weight is 340 g/mol. The number of methoxy groups -OCH3 is 1. The lowest BCUT2D eigenvalue weighted by Crippen LogP contribution is -2.10. The maximum Gasteiger partial charge on any atom is 0.220 e. The van der Waals surface area contributed by atoms with Crippen molar-refractivity contribution in [3.8, 4) is 11.5 Å². The Morgan fingerprint density at radius 2 is 2.00 bits per heavy atom. The monoisotopic (exact) mass is 339 g/mol. The summed E-state index contributed by atoms with van der Waals surface area (Å²) in [5, 5.41) is 20.8. The third-order valence-corrected chi connectivity index (χ3v) is 4.48. The molecule has 0 heterocycles. The maximum absolute atomic E-state index is 10.9. The third-order valence-electron chi connectivity index (χ3n) is 2.98. The Balaban J connectivity index is 2.29. The van der Waals surface area contributed by atoms with Gasteiger partial charge < -0.3 is 9.84 Å². The summed E-state index contributed by atoms with van der Waals surface area (Å²) < 4.78 is 5.06. The number of nitro groups is 1. The number of thioether (sulfide) groups is 1. The van der Waals surface area contributed by atoms with Crippen LogP contribution in [0.5, 0.6) is 11.5 Å². The van der Waals surface area contributed by atoms with Crippen LogP contribution in [0, 0.1) is 10.1 Å². The van der Waals surface area contributed by atoms with E-state index in [4.69, 9.17) is 16.3 Å². The smallest absolute Gasteiger partial charge is 0.220 e. The zero-order valence-electron chi connectivity index (χ0n) is 11.7. The second-order valence-electron chi connectivity index (χ2n) is 4.51. The number of hydrogen-bond acceptors (Lipinski definition) is 5. The van der Waals surface area contributed by atoms with Crippen LogP contribution >= 0.6 is 23.4 Å². The van der Waals surface area contributed by atoms with Gasteiger partial charge in [-0.1, -0.05) is 17.7 Å². The molecule has 5 nitrogen and oxygen atoms in total. The van der Waals surface area contributed by atoms with Crippen molar-refractivity contribution in [1.82, 2.24) is 0 Å². The summed E-state index contributed by atoms with van der Waals surface area (Å²) in [6, 6.07) is 11.9. The lowest BCUT2D eigenvalue weighted by molar-refractivity contribution is -0.479. The van der Waals surface area contributed by atoms with Crippen molar-refractivity contribution in [2.45, 2.75) is 10.1 Å². The predicted molar refractivity (Wildman–Crippen MR) is 86.6 cm³/mol. The van der Waals surface area contributed by atoms with Crippen molar-refractivity contribution < 1.29 is 14.8 Å². The normalized spacial score (nSPS) is 11.9. The van der Waals surface area contributed by atoms with Crippen LogP contribution in [0.15, 0.2) is 47.4 Å². The van der Waals surface area contributed by atoms with E-state index in [1.807, 2.05) is 12.1 Å². The van der Waals surface area contributed by atoms with E-state index in [9.17, 15) is 15.2 Å². The molecule has 0 aliphatic carbocycles. The topological polar surface area (TPSA) is 72.6 Å². The molecule has 2 aromatic carbocycles. The van der Waals surface area contributed by atoms with Crippen LogP contribution < -0.4 is 4.74 Å². The van der Waals surface area contributed by atoms with E-state index in [1.54, 1.807) is 24.3 Å². The number of ether oxygens (including phenoxy) is 1. The molecule has 7 heteroatoms. The van der Waals surface area contributed by atoms with Crippen molar-refractivity contribution in [3.05, 3.63) is 63.2 Å². The van der Waals surface area contributed by atoms with Crippen LogP contribution in [0.4, 0.5) is 0 Å². The minimum atomic E-state index is -0.398. The lowest BCUT2D eigenvalue weighted by Gasteiger charge is -2.14. The van der Waals surface area contributed by atoms with E-state index in [0.29, 0.717) is 16.3 Å². The van der Waals surface area contributed by atoms with Gasteiger partial charge in [0.2, 0.25) is 6.54 Å². The van der Waals surface area contributed by atoms with Crippen LogP contribution in [0.3, 0.4) is 0 Å². The van der Waals surface area contributed by atoms with Gasteiger partial charge in [0.1, 0.15) is 0 Å². The van der Waals surface area contributed by atoms with Crippen LogP contribution in [0.2, 0.25) is 5.02 Å². The summed E-state index contributed by atoms with van der Waals surface area (Å²) in [4.78, 5) is 11.5. The fraction of sp³-hybridized carbons (Fsp3) is 0.200. The van der Waals surface area contributed by atoms with Crippen molar-refractivity contribution in [3.63, 3.8) is 0 Å². The number of phenolic OH excluding ortho intramolecular Hbond substituents is 1. The fourth-order valence-corrected chi connectivity index (χ4v) is 3.14. The maximum atomic E-state index is 10.9. The summed E-state index contributed by atoms with van der Waals surface area (Å²) >= 11 is 7.21. The first-order valence-electron chi connectivity index (χ1n) is 6.40. The number of halogens is 1. The standard InChI is InChI=1S/C15H14ClNO4S/c1-21-14-8-10(2-7-13(14)18)15(9-17(19)20)22-12-5-3-11(16)4-6-12/h2-8,15,18H,9H2,1H3. The predicted octanol–water partition coefficient (Wildman–Crippen LogP) is 4.16. The van der Waals surface area contributed by atoms with E-state index >= 15 is 0 Å². The van der Waals surface area contributed by atoms with Crippen LogP contribution in [0.1, 0.15) is 10.8 Å². The molecule has 0 aliphatic rings. The van der Waals surface area contributed by atoms with Gasteiger partial charge in [-0.2, -0.15) is 0 Å². The molecule has 2 aromatic rings. The highest BCUT2D eigenvalue weighted by molar-refractivity contribution is 7.99. The minimum Gasteiger partial charge on any atom is -0.504 e. The van der Waals surface area contributed by atoms with E-state index in [0.717, 1.165) is 4.90 Å². The van der Waals surface area contributed by atoms with Crippen molar-refractivity contribution in [1.29, 1.82) is 0 Å². The van der Waals surface area contributed by atoms with Gasteiger partial charge in [-0.15, -0.1) is 11.8 Å². The molecule has 0 amide bonds. The summed E-state index contributed by atoms with van der Waals surface area (Å²) in [6.45, 7) is -0.235. The summed E-state index contributed by atoms with van der Waals surface area (Å²) in [5.41, 5.74) is 0.714. The minimum absolute atomic E-state index is 0.00240. The molecule has 0 radical (unpaired) electrons. The van der Waals surface area contributed by atoms with E-state index in [2.05, 4.69) is 0 Å². The third kappa shape index (κ3) is 4.29. The average Bonchev–Trinajstić information content (AvgIpc) is 2.49. The Morgan fingerprint density at radius 1 is 1.32 bits per heavy atom. The molecule has 2 rings (SSSR count). The molecule has 1 atom stereocenters. The molecule has 116 valence electrons. The van der Waals surface area contributed by atoms with E-state index < -0.39 is 5.25 Å². The second-order valence-corrected chi connectivity index (χ2v) is 6.22. The van der Waals surface area contributed by atoms with Crippen molar-refractivity contribution >= 4 is 23.4 Å². The molecule has 0 saturated heterocycles. The summed E-state index contributed by atoms with van der Waals surface area (Å²) in [6.07, 6.45) is 0. The van der Waals surface area contributed by atoms with Gasteiger partial charge >= 0.3 is 0 Å². The number of phenols is 1. The number of rotatable bonds is 6. The molecular weight excluding hydrogens is 326 g/mol. The number of benzene rings is 2. The van der Waals surface area contributed by atoms with Crippen LogP contribution in [0.25, 0.3) is 0 Å². The molecule has 22 heavy (non-hydrogen) atoms. The summed E-state index contributed by atoms with van der Waals surface area (Å²) in [7, 11) is 1.44. The van der Waals surface area contributed by atoms with Crippen LogP contribution in [-0.2, 0) is 0 Å². The molecule has 1 N–H and O–H groups in total. The van der Waals surface area contributed by atoms with Gasteiger partial charge in [-0.05, 0) is 42.0 Å². The van der Waals surface area contributed by atoms with Crippen molar-refractivity contribution in [2.24, 2.45) is 0 Å². The SMILES string of the molecule is COc1cc(C(C[N+](=O)[O-])Sc2ccc(Cl)cc2)ccc1O. The molecule has 0 saturated carbocycles. The second kappa shape index (κ2) is 7.38. The first kappa shape index (κ1) is 16.5. The van der Waals surface area contributed by atoms with Gasteiger partial charge in [0.25, 0.3) is 0 Å². The first-order chi connectivity index (χ1) is 10.5. The quantitative estimate of drug-likeness (QED) is 0.486. The van der Waals surface area contributed by atoms with Gasteiger partial charge in [0.05, 0.1) is 12.4 Å².